The molecule has 0 unspecified atom stereocenters. The molecular formula is C19H22Cl3NO2. The molecule has 0 fully saturated rings. The molecule has 2 aromatic rings. The normalized spacial score (nSPS) is 12.1. The van der Waals surface area contributed by atoms with Crippen molar-refractivity contribution in [1.82, 2.24) is 5.32 Å². The smallest absolute Gasteiger partial charge is 0.180 e. The second-order valence-electron chi connectivity index (χ2n) is 5.82. The summed E-state index contributed by atoms with van der Waals surface area (Å²) in [5.74, 6) is 1.10. The first-order valence-corrected chi connectivity index (χ1v) is 9.24. The summed E-state index contributed by atoms with van der Waals surface area (Å²) in [6.07, 6.45) is 1.06. The van der Waals surface area contributed by atoms with Gasteiger partial charge in [-0.15, -0.1) is 0 Å². The molecule has 1 N–H and O–H groups in total. The van der Waals surface area contributed by atoms with Crippen molar-refractivity contribution in [1.29, 1.82) is 0 Å². The first-order chi connectivity index (χ1) is 11.9. The summed E-state index contributed by atoms with van der Waals surface area (Å²) in [6, 6.07) is 9.54. The van der Waals surface area contributed by atoms with Crippen molar-refractivity contribution in [3.63, 3.8) is 0 Å². The standard InChI is InChI=1S/C19H22Cl3NO2/c1-4-12(2)23-10-13-7-17(22)19(18(8-13)24-3)25-11-14-5-6-15(20)9-16(14)21/h5-9,12,23H,4,10-11H2,1-3H3/t12-/m0/s1. The zero-order chi connectivity index (χ0) is 18.4. The number of halogens is 3. The van der Waals surface area contributed by atoms with E-state index in [1.807, 2.05) is 18.2 Å². The molecule has 25 heavy (non-hydrogen) atoms. The van der Waals surface area contributed by atoms with Gasteiger partial charge in [-0.1, -0.05) is 47.8 Å². The first kappa shape index (κ1) is 20.2. The predicted octanol–water partition coefficient (Wildman–Crippen LogP) is 6.12. The van der Waals surface area contributed by atoms with Gasteiger partial charge in [-0.2, -0.15) is 0 Å². The average Bonchev–Trinajstić information content (AvgIpc) is 2.59. The van der Waals surface area contributed by atoms with Gasteiger partial charge in [0.1, 0.15) is 6.61 Å². The van der Waals surface area contributed by atoms with Crippen molar-refractivity contribution in [2.45, 2.75) is 39.5 Å². The van der Waals surface area contributed by atoms with Gasteiger partial charge in [0.25, 0.3) is 0 Å². The van der Waals surface area contributed by atoms with E-state index in [4.69, 9.17) is 44.3 Å². The van der Waals surface area contributed by atoms with E-state index in [2.05, 4.69) is 19.2 Å². The van der Waals surface area contributed by atoms with E-state index in [0.29, 0.717) is 39.2 Å². The van der Waals surface area contributed by atoms with E-state index in [-0.39, 0.29) is 6.61 Å². The first-order valence-electron chi connectivity index (χ1n) is 8.11. The van der Waals surface area contributed by atoms with Crippen LogP contribution in [0.5, 0.6) is 11.5 Å². The summed E-state index contributed by atoms with van der Waals surface area (Å²) in [7, 11) is 1.60. The van der Waals surface area contributed by atoms with Crippen LogP contribution in [0.3, 0.4) is 0 Å². The monoisotopic (exact) mass is 401 g/mol. The molecule has 2 rings (SSSR count). The van der Waals surface area contributed by atoms with Crippen LogP contribution in [-0.4, -0.2) is 13.2 Å². The van der Waals surface area contributed by atoms with Gasteiger partial charge in [0, 0.05) is 28.2 Å². The van der Waals surface area contributed by atoms with Gasteiger partial charge in [-0.25, -0.2) is 0 Å². The Kier molecular flexibility index (Phi) is 7.70. The SMILES string of the molecule is CC[C@H](C)NCc1cc(Cl)c(OCc2ccc(Cl)cc2Cl)c(OC)c1. The third kappa shape index (κ3) is 5.68. The topological polar surface area (TPSA) is 30.5 Å². The molecule has 0 saturated carbocycles. The minimum Gasteiger partial charge on any atom is -0.493 e. The van der Waals surface area contributed by atoms with Crippen LogP contribution in [0, 0.1) is 0 Å². The highest BCUT2D eigenvalue weighted by Crippen LogP contribution is 2.37. The van der Waals surface area contributed by atoms with Gasteiger partial charge >= 0.3 is 0 Å². The summed E-state index contributed by atoms with van der Waals surface area (Å²) in [6.45, 7) is 5.28. The fraction of sp³-hybridized carbons (Fsp3) is 0.368. The molecule has 0 bridgehead atoms. The zero-order valence-electron chi connectivity index (χ0n) is 14.5. The number of benzene rings is 2. The third-order valence-electron chi connectivity index (χ3n) is 3.94. The Hall–Kier alpha value is -1.13. The van der Waals surface area contributed by atoms with Gasteiger partial charge in [0.2, 0.25) is 0 Å². The van der Waals surface area contributed by atoms with E-state index < -0.39 is 0 Å². The highest BCUT2D eigenvalue weighted by molar-refractivity contribution is 6.35. The molecule has 0 saturated heterocycles. The third-order valence-corrected chi connectivity index (χ3v) is 4.81. The van der Waals surface area contributed by atoms with E-state index >= 15 is 0 Å². The molecule has 3 nitrogen and oxygen atoms in total. The van der Waals surface area contributed by atoms with E-state index in [1.54, 1.807) is 19.2 Å². The van der Waals surface area contributed by atoms with Crippen LogP contribution in [0.25, 0.3) is 0 Å². The Labute approximate surface area is 164 Å². The molecule has 0 aliphatic rings. The largest absolute Gasteiger partial charge is 0.493 e. The Morgan fingerprint density at radius 3 is 2.48 bits per heavy atom. The van der Waals surface area contributed by atoms with Gasteiger partial charge < -0.3 is 14.8 Å². The molecule has 2 aromatic carbocycles. The van der Waals surface area contributed by atoms with Crippen molar-refractivity contribution in [2.24, 2.45) is 0 Å². The van der Waals surface area contributed by atoms with E-state index in [9.17, 15) is 0 Å². The Balaban J connectivity index is 2.14. The molecule has 6 heteroatoms. The van der Waals surface area contributed by atoms with Crippen LogP contribution in [0.4, 0.5) is 0 Å². The van der Waals surface area contributed by atoms with Gasteiger partial charge in [-0.3, -0.25) is 0 Å². The van der Waals surface area contributed by atoms with E-state index in [0.717, 1.165) is 17.5 Å². The highest BCUT2D eigenvalue weighted by atomic mass is 35.5. The zero-order valence-corrected chi connectivity index (χ0v) is 16.8. The van der Waals surface area contributed by atoms with Crippen molar-refractivity contribution >= 4 is 34.8 Å². The van der Waals surface area contributed by atoms with Crippen LogP contribution in [0.15, 0.2) is 30.3 Å². The second-order valence-corrected chi connectivity index (χ2v) is 7.07. The van der Waals surface area contributed by atoms with Crippen molar-refractivity contribution < 1.29 is 9.47 Å². The van der Waals surface area contributed by atoms with Crippen LogP contribution < -0.4 is 14.8 Å². The van der Waals surface area contributed by atoms with Crippen LogP contribution in [0.1, 0.15) is 31.4 Å². The summed E-state index contributed by atoms with van der Waals surface area (Å²) in [5, 5.41) is 5.08. The van der Waals surface area contributed by atoms with Crippen LogP contribution in [-0.2, 0) is 13.2 Å². The van der Waals surface area contributed by atoms with E-state index in [1.165, 1.54) is 0 Å². The molecule has 136 valence electrons. The summed E-state index contributed by atoms with van der Waals surface area (Å²) in [4.78, 5) is 0. The number of nitrogens with one attached hydrogen (secondary N) is 1. The summed E-state index contributed by atoms with van der Waals surface area (Å²) < 4.78 is 11.3. The molecule has 0 aliphatic heterocycles. The second kappa shape index (κ2) is 9.54. The molecule has 1 atom stereocenters. The van der Waals surface area contributed by atoms with Gasteiger partial charge in [0.15, 0.2) is 11.5 Å². The van der Waals surface area contributed by atoms with Crippen molar-refractivity contribution in [2.75, 3.05) is 7.11 Å². The van der Waals surface area contributed by atoms with Gasteiger partial charge in [-0.05, 0) is 43.2 Å². The Bertz CT molecular complexity index is 722. The molecule has 0 heterocycles. The maximum atomic E-state index is 6.41. The maximum absolute atomic E-state index is 6.41. The quantitative estimate of drug-likeness (QED) is 0.576. The predicted molar refractivity (Wildman–Crippen MR) is 105 cm³/mol. The number of hydrogen-bond acceptors (Lipinski definition) is 3. The minimum atomic E-state index is 0.274. The molecule has 0 amide bonds. The fourth-order valence-corrected chi connectivity index (χ4v) is 2.99. The van der Waals surface area contributed by atoms with Crippen LogP contribution in [0.2, 0.25) is 15.1 Å². The van der Waals surface area contributed by atoms with Gasteiger partial charge in [0.05, 0.1) is 12.1 Å². The lowest BCUT2D eigenvalue weighted by molar-refractivity contribution is 0.284. The number of ether oxygens (including phenoxy) is 2. The number of rotatable bonds is 8. The lowest BCUT2D eigenvalue weighted by atomic mass is 10.1. The Morgan fingerprint density at radius 1 is 1.08 bits per heavy atom. The lowest BCUT2D eigenvalue weighted by Gasteiger charge is -2.16. The minimum absolute atomic E-state index is 0.274. The lowest BCUT2D eigenvalue weighted by Crippen LogP contribution is -2.24. The molecule has 0 spiro atoms. The van der Waals surface area contributed by atoms with Crippen molar-refractivity contribution in [3.8, 4) is 11.5 Å². The molecule has 0 radical (unpaired) electrons. The highest BCUT2D eigenvalue weighted by Gasteiger charge is 2.13. The number of methoxy groups -OCH3 is 1. The number of hydrogen-bond donors (Lipinski definition) is 1. The average molecular weight is 403 g/mol. The maximum Gasteiger partial charge on any atom is 0.180 e. The Morgan fingerprint density at radius 2 is 1.84 bits per heavy atom. The molecule has 0 aliphatic carbocycles. The molecule has 0 aromatic heterocycles. The summed E-state index contributed by atoms with van der Waals surface area (Å²) in [5.41, 5.74) is 1.87. The summed E-state index contributed by atoms with van der Waals surface area (Å²) >= 11 is 18.5. The van der Waals surface area contributed by atoms with Crippen molar-refractivity contribution in [3.05, 3.63) is 56.5 Å². The van der Waals surface area contributed by atoms with Crippen LogP contribution >= 0.6 is 34.8 Å². The molecular weight excluding hydrogens is 381 g/mol. The fourth-order valence-electron chi connectivity index (χ4n) is 2.24.